The number of halogens is 2. The normalized spacial score (nSPS) is 10.0. The number of amides is 2. The summed E-state index contributed by atoms with van der Waals surface area (Å²) in [4.78, 5) is 23.7. The zero-order valence-corrected chi connectivity index (χ0v) is 12.6. The van der Waals surface area contributed by atoms with E-state index in [1.54, 1.807) is 12.1 Å². The van der Waals surface area contributed by atoms with Gasteiger partial charge in [-0.2, -0.15) is 0 Å². The molecule has 2 N–H and O–H groups in total. The van der Waals surface area contributed by atoms with Gasteiger partial charge in [-0.25, -0.2) is 0 Å². The number of benzene rings is 2. The van der Waals surface area contributed by atoms with E-state index in [9.17, 15) is 9.59 Å². The summed E-state index contributed by atoms with van der Waals surface area (Å²) >= 11 is 11.6. The van der Waals surface area contributed by atoms with Gasteiger partial charge in [-0.05, 0) is 37.3 Å². The molecule has 21 heavy (non-hydrogen) atoms. The molecule has 0 unspecified atom stereocenters. The van der Waals surface area contributed by atoms with Gasteiger partial charge in [0.25, 0.3) is 11.8 Å². The lowest BCUT2D eigenvalue weighted by molar-refractivity contribution is 0.0846. The number of carbonyl (C=O) groups is 2. The first-order valence-corrected chi connectivity index (χ1v) is 6.85. The Labute approximate surface area is 132 Å². The van der Waals surface area contributed by atoms with Gasteiger partial charge in [-0.3, -0.25) is 20.4 Å². The summed E-state index contributed by atoms with van der Waals surface area (Å²) in [6.45, 7) is 1.92. The first kappa shape index (κ1) is 15.4. The van der Waals surface area contributed by atoms with Crippen LogP contribution in [0, 0.1) is 6.92 Å². The highest BCUT2D eigenvalue weighted by Gasteiger charge is 2.10. The van der Waals surface area contributed by atoms with E-state index >= 15 is 0 Å². The summed E-state index contributed by atoms with van der Waals surface area (Å²) in [6.07, 6.45) is 0. The van der Waals surface area contributed by atoms with E-state index in [0.29, 0.717) is 15.6 Å². The Morgan fingerprint density at radius 3 is 1.81 bits per heavy atom. The molecule has 0 spiro atoms. The zero-order chi connectivity index (χ0) is 15.4. The van der Waals surface area contributed by atoms with Crippen LogP contribution in [0.1, 0.15) is 26.3 Å². The highest BCUT2D eigenvalue weighted by Crippen LogP contribution is 2.18. The maximum absolute atomic E-state index is 11.9. The van der Waals surface area contributed by atoms with Crippen molar-refractivity contribution in [2.75, 3.05) is 0 Å². The van der Waals surface area contributed by atoms with Crippen molar-refractivity contribution in [3.63, 3.8) is 0 Å². The lowest BCUT2D eigenvalue weighted by atomic mass is 10.1. The number of aryl methyl sites for hydroxylation is 1. The van der Waals surface area contributed by atoms with Crippen LogP contribution in [0.25, 0.3) is 0 Å². The molecule has 0 saturated heterocycles. The molecule has 0 atom stereocenters. The molecule has 0 aliphatic heterocycles. The third-order valence-electron chi connectivity index (χ3n) is 2.73. The average Bonchev–Trinajstić information content (AvgIpc) is 2.44. The quantitative estimate of drug-likeness (QED) is 0.833. The summed E-state index contributed by atoms with van der Waals surface area (Å²) in [6, 6.07) is 11.4. The van der Waals surface area contributed by atoms with E-state index in [1.165, 1.54) is 18.2 Å². The molecule has 0 heterocycles. The number of hydrazine groups is 1. The van der Waals surface area contributed by atoms with Crippen LogP contribution in [0.4, 0.5) is 0 Å². The summed E-state index contributed by atoms with van der Waals surface area (Å²) in [7, 11) is 0. The van der Waals surface area contributed by atoms with Crippen LogP contribution < -0.4 is 10.9 Å². The lowest BCUT2D eigenvalue weighted by Gasteiger charge is -2.08. The number of rotatable bonds is 2. The fraction of sp³-hybridized carbons (Fsp3) is 0.0667. The van der Waals surface area contributed by atoms with Gasteiger partial charge >= 0.3 is 0 Å². The molecule has 4 nitrogen and oxygen atoms in total. The van der Waals surface area contributed by atoms with Gasteiger partial charge in [0, 0.05) is 21.2 Å². The number of hydrogen-bond donors (Lipinski definition) is 2. The maximum atomic E-state index is 11.9. The molecular formula is C15H12Cl2N2O2. The predicted octanol–water partition coefficient (Wildman–Crippen LogP) is 3.38. The lowest BCUT2D eigenvalue weighted by Crippen LogP contribution is -2.41. The molecular weight excluding hydrogens is 311 g/mol. The summed E-state index contributed by atoms with van der Waals surface area (Å²) < 4.78 is 0. The Kier molecular flexibility index (Phi) is 4.83. The van der Waals surface area contributed by atoms with Gasteiger partial charge in [0.1, 0.15) is 0 Å². The number of hydrogen-bond acceptors (Lipinski definition) is 2. The second kappa shape index (κ2) is 6.61. The van der Waals surface area contributed by atoms with Gasteiger partial charge in [-0.1, -0.05) is 40.9 Å². The third kappa shape index (κ3) is 4.21. The van der Waals surface area contributed by atoms with E-state index in [4.69, 9.17) is 23.2 Å². The summed E-state index contributed by atoms with van der Waals surface area (Å²) in [5.41, 5.74) is 6.40. The maximum Gasteiger partial charge on any atom is 0.269 e. The molecule has 0 bridgehead atoms. The predicted molar refractivity (Wildman–Crippen MR) is 82.6 cm³/mol. The van der Waals surface area contributed by atoms with Gasteiger partial charge in [0.2, 0.25) is 0 Å². The number of nitrogens with one attached hydrogen (secondary N) is 2. The van der Waals surface area contributed by atoms with Crippen LogP contribution in [0.2, 0.25) is 10.0 Å². The largest absolute Gasteiger partial charge is 0.269 e. The van der Waals surface area contributed by atoms with Crippen LogP contribution in [-0.2, 0) is 0 Å². The first-order chi connectivity index (χ1) is 9.95. The van der Waals surface area contributed by atoms with Gasteiger partial charge in [0.15, 0.2) is 0 Å². The second-order valence-corrected chi connectivity index (χ2v) is 5.31. The molecule has 2 amide bonds. The van der Waals surface area contributed by atoms with E-state index < -0.39 is 11.8 Å². The molecule has 0 radical (unpaired) electrons. The van der Waals surface area contributed by atoms with Gasteiger partial charge in [-0.15, -0.1) is 0 Å². The standard InChI is InChI=1S/C15H12Cl2N2O2/c1-9-2-4-10(5-3-9)14(20)18-19-15(21)11-6-12(16)8-13(17)7-11/h2-8H,1H3,(H,18,20)(H,19,21). The van der Waals surface area contributed by atoms with Gasteiger partial charge < -0.3 is 0 Å². The molecule has 0 saturated carbocycles. The fourth-order valence-corrected chi connectivity index (χ4v) is 2.17. The SMILES string of the molecule is Cc1ccc(C(=O)NNC(=O)c2cc(Cl)cc(Cl)c2)cc1. The first-order valence-electron chi connectivity index (χ1n) is 6.09. The monoisotopic (exact) mass is 322 g/mol. The summed E-state index contributed by atoms with van der Waals surface area (Å²) in [5.74, 6) is -0.906. The highest BCUT2D eigenvalue weighted by atomic mass is 35.5. The molecule has 0 aromatic heterocycles. The van der Waals surface area contributed by atoms with Gasteiger partial charge in [0.05, 0.1) is 0 Å². The zero-order valence-electron chi connectivity index (χ0n) is 11.1. The molecule has 2 aromatic carbocycles. The van der Waals surface area contributed by atoms with E-state index in [2.05, 4.69) is 10.9 Å². The van der Waals surface area contributed by atoms with E-state index in [0.717, 1.165) is 5.56 Å². The van der Waals surface area contributed by atoms with Crippen LogP contribution in [-0.4, -0.2) is 11.8 Å². The van der Waals surface area contributed by atoms with Crippen molar-refractivity contribution < 1.29 is 9.59 Å². The highest BCUT2D eigenvalue weighted by molar-refractivity contribution is 6.35. The molecule has 0 fully saturated rings. The van der Waals surface area contributed by atoms with Crippen molar-refractivity contribution >= 4 is 35.0 Å². The van der Waals surface area contributed by atoms with Crippen molar-refractivity contribution in [1.82, 2.24) is 10.9 Å². The van der Waals surface area contributed by atoms with Crippen LogP contribution in [0.5, 0.6) is 0 Å². The van der Waals surface area contributed by atoms with Crippen molar-refractivity contribution in [3.8, 4) is 0 Å². The Hall–Kier alpha value is -2.04. The second-order valence-electron chi connectivity index (χ2n) is 4.43. The fourth-order valence-electron chi connectivity index (χ4n) is 1.65. The minimum absolute atomic E-state index is 0.261. The van der Waals surface area contributed by atoms with E-state index in [1.807, 2.05) is 19.1 Å². The van der Waals surface area contributed by atoms with Crippen molar-refractivity contribution in [1.29, 1.82) is 0 Å². The minimum atomic E-state index is -0.500. The molecule has 0 aliphatic carbocycles. The van der Waals surface area contributed by atoms with Crippen LogP contribution in [0.3, 0.4) is 0 Å². The average molecular weight is 323 g/mol. The Morgan fingerprint density at radius 2 is 1.29 bits per heavy atom. The third-order valence-corrected chi connectivity index (χ3v) is 3.16. The Balaban J connectivity index is 2.00. The molecule has 2 rings (SSSR count). The van der Waals surface area contributed by atoms with E-state index in [-0.39, 0.29) is 5.56 Å². The van der Waals surface area contributed by atoms with Crippen molar-refractivity contribution in [2.24, 2.45) is 0 Å². The molecule has 6 heteroatoms. The minimum Gasteiger partial charge on any atom is -0.267 e. The van der Waals surface area contributed by atoms with Crippen molar-refractivity contribution in [2.45, 2.75) is 6.92 Å². The van der Waals surface area contributed by atoms with Crippen molar-refractivity contribution in [3.05, 3.63) is 69.2 Å². The van der Waals surface area contributed by atoms with Crippen LogP contribution >= 0.6 is 23.2 Å². The number of carbonyl (C=O) groups excluding carboxylic acids is 2. The molecule has 2 aromatic rings. The summed E-state index contributed by atoms with van der Waals surface area (Å²) in [5, 5.41) is 0.690. The molecule has 108 valence electrons. The smallest absolute Gasteiger partial charge is 0.267 e. The topological polar surface area (TPSA) is 58.2 Å². The molecule has 0 aliphatic rings. The van der Waals surface area contributed by atoms with Crippen LogP contribution in [0.15, 0.2) is 42.5 Å². The Bertz CT molecular complexity index is 664. The Morgan fingerprint density at radius 1 is 0.810 bits per heavy atom.